The second kappa shape index (κ2) is 3.42. The zero-order chi connectivity index (χ0) is 6.85. The number of nitrogens with two attached hydrogens (primary N) is 1. The lowest BCUT2D eigenvalue weighted by Crippen LogP contribution is -3.00. The van der Waals surface area contributed by atoms with Gasteiger partial charge in [-0.1, -0.05) is 0 Å². The van der Waals surface area contributed by atoms with Gasteiger partial charge in [0, 0.05) is 24.7 Å². The Hall–Kier alpha value is -0.760. The molecule has 0 radical (unpaired) electrons. The van der Waals surface area contributed by atoms with Crippen LogP contribution in [0.15, 0.2) is 18.3 Å². The number of pyridine rings is 1. The van der Waals surface area contributed by atoms with E-state index in [9.17, 15) is 0 Å². The molecule has 0 saturated carbocycles. The zero-order valence-electron chi connectivity index (χ0n) is 6.13. The molecular formula is C7H11ClN2. The summed E-state index contributed by atoms with van der Waals surface area (Å²) in [7, 11) is 1.99. The van der Waals surface area contributed by atoms with Gasteiger partial charge in [0.05, 0.1) is 0 Å². The van der Waals surface area contributed by atoms with Crippen molar-refractivity contribution < 1.29 is 17.0 Å². The van der Waals surface area contributed by atoms with Gasteiger partial charge in [-0.25, -0.2) is 4.57 Å². The van der Waals surface area contributed by atoms with Crippen molar-refractivity contribution in [2.45, 2.75) is 6.92 Å². The number of halogens is 1. The quantitative estimate of drug-likeness (QED) is 0.413. The van der Waals surface area contributed by atoms with E-state index in [2.05, 4.69) is 0 Å². The molecule has 0 amide bonds. The molecule has 0 aromatic carbocycles. The molecule has 0 aliphatic heterocycles. The molecule has 0 unspecified atom stereocenters. The van der Waals surface area contributed by atoms with Gasteiger partial charge < -0.3 is 18.1 Å². The fourth-order valence-corrected chi connectivity index (χ4v) is 0.707. The van der Waals surface area contributed by atoms with Gasteiger partial charge >= 0.3 is 0 Å². The van der Waals surface area contributed by atoms with Crippen LogP contribution >= 0.6 is 0 Å². The molecule has 3 heteroatoms. The van der Waals surface area contributed by atoms with E-state index >= 15 is 0 Å². The van der Waals surface area contributed by atoms with E-state index < -0.39 is 0 Å². The topological polar surface area (TPSA) is 29.9 Å². The average Bonchev–Trinajstić information content (AvgIpc) is 1.80. The molecule has 2 nitrogen and oxygen atoms in total. The normalized spacial score (nSPS) is 8.60. The molecule has 0 bridgehead atoms. The van der Waals surface area contributed by atoms with Crippen molar-refractivity contribution >= 4 is 5.69 Å². The molecule has 56 valence electrons. The number of anilines is 1. The maximum absolute atomic E-state index is 5.51. The largest absolute Gasteiger partial charge is 1.00 e. The van der Waals surface area contributed by atoms with Crippen LogP contribution in [0.5, 0.6) is 0 Å². The van der Waals surface area contributed by atoms with Crippen LogP contribution in [0.3, 0.4) is 0 Å². The summed E-state index contributed by atoms with van der Waals surface area (Å²) in [6.45, 7) is 2.02. The highest BCUT2D eigenvalue weighted by atomic mass is 35.5. The van der Waals surface area contributed by atoms with Crippen molar-refractivity contribution in [2.24, 2.45) is 7.05 Å². The highest BCUT2D eigenvalue weighted by Gasteiger charge is 1.96. The maximum atomic E-state index is 5.51. The number of nitrogens with zero attached hydrogens (tertiary/aromatic N) is 1. The Balaban J connectivity index is 0.000000810. The lowest BCUT2D eigenvalue weighted by molar-refractivity contribution is -0.677. The van der Waals surface area contributed by atoms with Crippen molar-refractivity contribution in [1.82, 2.24) is 0 Å². The van der Waals surface area contributed by atoms with Crippen LogP contribution in [-0.2, 0) is 7.05 Å². The molecule has 0 fully saturated rings. The molecular weight excluding hydrogens is 148 g/mol. The number of aryl methyl sites for hydroxylation is 2. The first kappa shape index (κ1) is 9.24. The third-order valence-corrected chi connectivity index (χ3v) is 1.42. The third kappa shape index (κ3) is 1.88. The van der Waals surface area contributed by atoms with E-state index in [4.69, 9.17) is 5.73 Å². The van der Waals surface area contributed by atoms with Crippen molar-refractivity contribution in [3.63, 3.8) is 0 Å². The van der Waals surface area contributed by atoms with Gasteiger partial charge in [-0.2, -0.15) is 0 Å². The van der Waals surface area contributed by atoms with Gasteiger partial charge in [-0.3, -0.25) is 0 Å². The number of hydrogen-bond acceptors (Lipinski definition) is 1. The number of rotatable bonds is 0. The molecule has 1 heterocycles. The molecule has 0 aliphatic carbocycles. The highest BCUT2D eigenvalue weighted by Crippen LogP contribution is 1.97. The van der Waals surface area contributed by atoms with Crippen LogP contribution in [0, 0.1) is 6.92 Å². The van der Waals surface area contributed by atoms with E-state index in [-0.39, 0.29) is 12.4 Å². The van der Waals surface area contributed by atoms with Gasteiger partial charge in [0.2, 0.25) is 0 Å². The predicted molar refractivity (Wildman–Crippen MR) is 36.8 cm³/mol. The van der Waals surface area contributed by atoms with Gasteiger partial charge in [0.15, 0.2) is 11.9 Å². The SMILES string of the molecule is Cc1cc(N)cc[n+]1C.[Cl-]. The predicted octanol–water partition coefficient (Wildman–Crippen LogP) is -2.59. The third-order valence-electron chi connectivity index (χ3n) is 1.42. The summed E-state index contributed by atoms with van der Waals surface area (Å²) in [4.78, 5) is 0. The van der Waals surface area contributed by atoms with E-state index in [1.807, 2.05) is 36.9 Å². The van der Waals surface area contributed by atoms with Crippen molar-refractivity contribution in [2.75, 3.05) is 5.73 Å². The molecule has 1 aromatic heterocycles. The molecule has 1 aromatic rings. The summed E-state index contributed by atoms with van der Waals surface area (Å²) in [5.41, 5.74) is 7.51. The average molecular weight is 159 g/mol. The first-order chi connectivity index (χ1) is 4.20. The van der Waals surface area contributed by atoms with E-state index in [0.29, 0.717) is 0 Å². The minimum atomic E-state index is 0. The zero-order valence-corrected chi connectivity index (χ0v) is 6.89. The second-order valence-electron chi connectivity index (χ2n) is 2.21. The number of nitrogen functional groups attached to an aromatic ring is 1. The van der Waals surface area contributed by atoms with Gasteiger partial charge in [-0.05, 0) is 0 Å². The van der Waals surface area contributed by atoms with Crippen LogP contribution in [0.1, 0.15) is 5.69 Å². The first-order valence-corrected chi connectivity index (χ1v) is 2.92. The van der Waals surface area contributed by atoms with E-state index in [1.165, 1.54) is 5.69 Å². The minimum absolute atomic E-state index is 0. The van der Waals surface area contributed by atoms with E-state index in [1.54, 1.807) is 0 Å². The molecule has 0 atom stereocenters. The Bertz CT molecular complexity index is 223. The molecule has 0 aliphatic rings. The Morgan fingerprint density at radius 3 is 2.50 bits per heavy atom. The van der Waals surface area contributed by atoms with Crippen LogP contribution < -0.4 is 22.7 Å². The van der Waals surface area contributed by atoms with Crippen molar-refractivity contribution in [1.29, 1.82) is 0 Å². The van der Waals surface area contributed by atoms with Crippen molar-refractivity contribution in [3.8, 4) is 0 Å². The molecule has 1 rings (SSSR count). The Morgan fingerprint density at radius 1 is 1.50 bits per heavy atom. The van der Waals surface area contributed by atoms with Crippen LogP contribution in [0.2, 0.25) is 0 Å². The maximum Gasteiger partial charge on any atom is 0.180 e. The molecule has 0 saturated heterocycles. The van der Waals surface area contributed by atoms with Crippen LogP contribution in [0.4, 0.5) is 5.69 Å². The highest BCUT2D eigenvalue weighted by molar-refractivity contribution is 5.34. The number of aromatic nitrogens is 1. The fourth-order valence-electron chi connectivity index (χ4n) is 0.707. The van der Waals surface area contributed by atoms with Gasteiger partial charge in [0.25, 0.3) is 0 Å². The summed E-state index contributed by atoms with van der Waals surface area (Å²) in [5.74, 6) is 0. The lowest BCUT2D eigenvalue weighted by atomic mass is 10.3. The lowest BCUT2D eigenvalue weighted by Gasteiger charge is -1.92. The number of hydrogen-bond donors (Lipinski definition) is 1. The summed E-state index contributed by atoms with van der Waals surface area (Å²) >= 11 is 0. The van der Waals surface area contributed by atoms with Gasteiger partial charge in [-0.15, -0.1) is 0 Å². The Morgan fingerprint density at radius 2 is 2.10 bits per heavy atom. The monoisotopic (exact) mass is 158 g/mol. The Kier molecular flexibility index (Phi) is 3.16. The van der Waals surface area contributed by atoms with E-state index in [0.717, 1.165) is 5.69 Å². The molecule has 0 spiro atoms. The van der Waals surface area contributed by atoms with Crippen LogP contribution in [0.25, 0.3) is 0 Å². The minimum Gasteiger partial charge on any atom is -1.00 e. The van der Waals surface area contributed by atoms with Gasteiger partial charge in [0.1, 0.15) is 7.05 Å². The summed E-state index contributed by atoms with van der Waals surface area (Å²) in [6, 6.07) is 3.83. The summed E-state index contributed by atoms with van der Waals surface area (Å²) in [6.07, 6.45) is 1.95. The van der Waals surface area contributed by atoms with Crippen molar-refractivity contribution in [3.05, 3.63) is 24.0 Å². The smallest absolute Gasteiger partial charge is 0.180 e. The standard InChI is InChI=1S/C7H10N2.ClH/c1-6-5-7(8)3-4-9(6)2;/h3-5,8H,1-2H3;1H. The van der Waals surface area contributed by atoms with Crippen LogP contribution in [-0.4, -0.2) is 0 Å². The fraction of sp³-hybridized carbons (Fsp3) is 0.286. The molecule has 10 heavy (non-hydrogen) atoms. The Labute approximate surface area is 67.1 Å². The summed E-state index contributed by atoms with van der Waals surface area (Å²) < 4.78 is 2.02. The summed E-state index contributed by atoms with van der Waals surface area (Å²) in [5, 5.41) is 0. The first-order valence-electron chi connectivity index (χ1n) is 2.92. The molecule has 2 N–H and O–H groups in total. The second-order valence-corrected chi connectivity index (χ2v) is 2.21.